The number of Topliss-reactive ketones (excluding diaryl/α,β-unsaturated/α-hetero) is 1. The number of hydrogen-bond donors (Lipinski definition) is 2. The number of primary amides is 1. The molecule has 0 radical (unpaired) electrons. The summed E-state index contributed by atoms with van der Waals surface area (Å²) in [5, 5.41) is 3.58. The zero-order valence-corrected chi connectivity index (χ0v) is 15.1. The van der Waals surface area contributed by atoms with Gasteiger partial charge in [-0.25, -0.2) is 0 Å². The Morgan fingerprint density at radius 1 is 1.33 bits per heavy atom. The molecule has 0 bridgehead atoms. The molecular weight excluding hydrogens is 306 g/mol. The summed E-state index contributed by atoms with van der Waals surface area (Å²) in [6.45, 7) is 7.52. The summed E-state index contributed by atoms with van der Waals surface area (Å²) in [6.07, 6.45) is 4.28. The van der Waals surface area contributed by atoms with Gasteiger partial charge in [0.25, 0.3) is 0 Å². The average molecular weight is 337 g/mol. The van der Waals surface area contributed by atoms with Gasteiger partial charge in [0.1, 0.15) is 0 Å². The molecule has 2 aliphatic rings. The first-order chi connectivity index (χ1) is 11.2. The molecule has 6 nitrogen and oxygen atoms in total. The molecule has 2 rings (SSSR count). The topological polar surface area (TPSA) is 92.5 Å². The van der Waals surface area contributed by atoms with Crippen molar-refractivity contribution >= 4 is 17.6 Å². The maximum Gasteiger partial charge on any atom is 0.231 e. The Balaban J connectivity index is 1.87. The van der Waals surface area contributed by atoms with Crippen molar-refractivity contribution in [2.75, 3.05) is 13.1 Å². The Labute approximate surface area is 144 Å². The van der Waals surface area contributed by atoms with Crippen LogP contribution in [0.25, 0.3) is 0 Å². The third-order valence-electron chi connectivity index (χ3n) is 5.45. The quantitative estimate of drug-likeness (QED) is 0.652. The minimum absolute atomic E-state index is 0.0632. The molecule has 0 aromatic carbocycles. The van der Waals surface area contributed by atoms with Crippen molar-refractivity contribution in [2.24, 2.45) is 17.1 Å². The third kappa shape index (κ3) is 4.15. The maximum absolute atomic E-state index is 12.7. The molecule has 24 heavy (non-hydrogen) atoms. The van der Waals surface area contributed by atoms with E-state index in [2.05, 4.69) is 19.2 Å². The lowest BCUT2D eigenvalue weighted by molar-refractivity contribution is -0.171. The molecule has 1 aliphatic carbocycles. The van der Waals surface area contributed by atoms with Crippen molar-refractivity contribution in [1.29, 1.82) is 0 Å². The van der Waals surface area contributed by atoms with E-state index in [1.54, 1.807) is 4.90 Å². The van der Waals surface area contributed by atoms with E-state index in [4.69, 9.17) is 5.73 Å². The van der Waals surface area contributed by atoms with Crippen LogP contribution in [0, 0.1) is 11.3 Å². The largest absolute Gasteiger partial charge is 0.370 e. The van der Waals surface area contributed by atoms with Gasteiger partial charge in [-0.2, -0.15) is 0 Å². The normalized spacial score (nSPS) is 28.1. The van der Waals surface area contributed by atoms with E-state index in [-0.39, 0.29) is 23.5 Å². The lowest BCUT2D eigenvalue weighted by Gasteiger charge is -2.54. The van der Waals surface area contributed by atoms with E-state index < -0.39 is 11.9 Å². The third-order valence-corrected chi connectivity index (χ3v) is 5.45. The number of nitrogens with one attached hydrogen (secondary N) is 1. The van der Waals surface area contributed by atoms with Gasteiger partial charge in [-0.15, -0.1) is 0 Å². The average Bonchev–Trinajstić information content (AvgIpc) is 2.52. The van der Waals surface area contributed by atoms with E-state index in [1.807, 2.05) is 0 Å². The van der Waals surface area contributed by atoms with Gasteiger partial charge in [-0.1, -0.05) is 13.8 Å². The molecule has 1 saturated carbocycles. The monoisotopic (exact) mass is 337 g/mol. The van der Waals surface area contributed by atoms with Gasteiger partial charge in [0, 0.05) is 19.0 Å². The molecule has 2 amide bonds. The Bertz CT molecular complexity index is 496. The van der Waals surface area contributed by atoms with Gasteiger partial charge in [0.15, 0.2) is 5.78 Å². The second kappa shape index (κ2) is 7.64. The van der Waals surface area contributed by atoms with Crippen molar-refractivity contribution in [3.63, 3.8) is 0 Å². The van der Waals surface area contributed by atoms with Gasteiger partial charge in [-0.05, 0) is 51.5 Å². The molecule has 2 fully saturated rings. The Morgan fingerprint density at radius 2 is 1.96 bits per heavy atom. The molecule has 1 spiro atoms. The van der Waals surface area contributed by atoms with Crippen LogP contribution in [-0.4, -0.2) is 47.7 Å². The molecule has 1 atom stereocenters. The van der Waals surface area contributed by atoms with Crippen LogP contribution in [-0.2, 0) is 14.4 Å². The fraction of sp³-hybridized carbons (Fsp3) is 0.833. The number of likely N-dealkylation sites (tertiary alicyclic amines) is 1. The number of rotatable bonds is 8. The smallest absolute Gasteiger partial charge is 0.231 e. The number of amides is 2. The van der Waals surface area contributed by atoms with Gasteiger partial charge >= 0.3 is 0 Å². The van der Waals surface area contributed by atoms with Gasteiger partial charge in [0.05, 0.1) is 11.5 Å². The number of β-lactam (4-membered cyclic amide) rings is 1. The zero-order valence-electron chi connectivity index (χ0n) is 15.1. The van der Waals surface area contributed by atoms with E-state index >= 15 is 0 Å². The molecule has 0 aromatic heterocycles. The van der Waals surface area contributed by atoms with Crippen molar-refractivity contribution in [3.05, 3.63) is 0 Å². The molecule has 3 N–H and O–H groups in total. The summed E-state index contributed by atoms with van der Waals surface area (Å²) in [7, 11) is 0. The van der Waals surface area contributed by atoms with E-state index in [1.165, 1.54) is 6.92 Å². The number of hydrogen-bond acceptors (Lipinski definition) is 4. The first kappa shape index (κ1) is 18.9. The van der Waals surface area contributed by atoms with Crippen LogP contribution in [0.5, 0.6) is 0 Å². The van der Waals surface area contributed by atoms with E-state index in [9.17, 15) is 14.4 Å². The summed E-state index contributed by atoms with van der Waals surface area (Å²) in [4.78, 5) is 37.2. The van der Waals surface area contributed by atoms with Gasteiger partial charge in [0.2, 0.25) is 11.8 Å². The van der Waals surface area contributed by atoms with Crippen molar-refractivity contribution in [2.45, 2.75) is 71.4 Å². The highest BCUT2D eigenvalue weighted by Crippen LogP contribution is 2.46. The lowest BCUT2D eigenvalue weighted by atomic mass is 9.66. The zero-order chi connectivity index (χ0) is 17.9. The molecule has 6 heteroatoms. The molecule has 1 aliphatic heterocycles. The Morgan fingerprint density at radius 3 is 2.42 bits per heavy atom. The van der Waals surface area contributed by atoms with Crippen LogP contribution >= 0.6 is 0 Å². The van der Waals surface area contributed by atoms with Crippen molar-refractivity contribution in [3.8, 4) is 0 Å². The SMILES string of the molecule is CC(=O)C(CCC(N)=O)N1CC2(CCC(NCC(C)C)CC2)C1=O. The van der Waals surface area contributed by atoms with Crippen LogP contribution in [0.1, 0.15) is 59.3 Å². The van der Waals surface area contributed by atoms with Gasteiger partial charge in [-0.3, -0.25) is 14.4 Å². The number of carbonyl (C=O) groups excluding carboxylic acids is 3. The fourth-order valence-electron chi connectivity index (χ4n) is 3.94. The molecule has 1 unspecified atom stereocenters. The second-order valence-electron chi connectivity index (χ2n) is 7.92. The summed E-state index contributed by atoms with van der Waals surface area (Å²) in [5.41, 5.74) is 4.91. The molecular formula is C18H31N3O3. The van der Waals surface area contributed by atoms with Crippen molar-refractivity contribution < 1.29 is 14.4 Å². The highest BCUT2D eigenvalue weighted by molar-refractivity contribution is 5.94. The summed E-state index contributed by atoms with van der Waals surface area (Å²) >= 11 is 0. The Hall–Kier alpha value is -1.43. The van der Waals surface area contributed by atoms with Crippen LogP contribution in [0.15, 0.2) is 0 Å². The van der Waals surface area contributed by atoms with Crippen LogP contribution in [0.4, 0.5) is 0 Å². The molecule has 1 saturated heterocycles. The summed E-state index contributed by atoms with van der Waals surface area (Å²) in [5.74, 6) is 0.227. The predicted octanol–water partition coefficient (Wildman–Crippen LogP) is 1.23. The minimum atomic E-state index is -0.493. The number of carbonyl (C=O) groups is 3. The summed E-state index contributed by atoms with van der Waals surface area (Å²) in [6, 6.07) is 0.00533. The highest BCUT2D eigenvalue weighted by Gasteiger charge is 2.55. The molecule has 0 aromatic rings. The van der Waals surface area contributed by atoms with Crippen LogP contribution in [0.3, 0.4) is 0 Å². The first-order valence-corrected chi connectivity index (χ1v) is 9.08. The van der Waals surface area contributed by atoms with E-state index in [0.717, 1.165) is 32.2 Å². The summed E-state index contributed by atoms with van der Waals surface area (Å²) < 4.78 is 0. The highest BCUT2D eigenvalue weighted by atomic mass is 16.2. The molecule has 1 heterocycles. The van der Waals surface area contributed by atoms with Crippen LogP contribution in [0.2, 0.25) is 0 Å². The Kier molecular flexibility index (Phi) is 6.01. The minimum Gasteiger partial charge on any atom is -0.370 e. The first-order valence-electron chi connectivity index (χ1n) is 9.08. The number of nitrogens with two attached hydrogens (primary N) is 1. The second-order valence-corrected chi connectivity index (χ2v) is 7.92. The standard InChI is InChI=1S/C18H31N3O3/c1-12(2)10-20-14-6-8-18(9-7-14)11-21(17(18)24)15(13(3)22)4-5-16(19)23/h12,14-15,20H,4-11H2,1-3H3,(H2,19,23). The fourth-order valence-corrected chi connectivity index (χ4v) is 3.94. The van der Waals surface area contributed by atoms with Crippen molar-refractivity contribution in [1.82, 2.24) is 10.2 Å². The number of ketones is 1. The van der Waals surface area contributed by atoms with E-state index in [0.29, 0.717) is 24.9 Å². The van der Waals surface area contributed by atoms with Gasteiger partial charge < -0.3 is 16.0 Å². The predicted molar refractivity (Wildman–Crippen MR) is 92.1 cm³/mol. The number of nitrogens with zero attached hydrogens (tertiary/aromatic N) is 1. The maximum atomic E-state index is 12.7. The molecule has 136 valence electrons. The lowest BCUT2D eigenvalue weighted by Crippen LogP contribution is -2.67. The van der Waals surface area contributed by atoms with Crippen LogP contribution < -0.4 is 11.1 Å².